The Kier molecular flexibility index (Phi) is 3.92. The van der Waals surface area contributed by atoms with Gasteiger partial charge in [0.25, 0.3) is 0 Å². The van der Waals surface area contributed by atoms with Crippen LogP contribution >= 0.6 is 0 Å². The van der Waals surface area contributed by atoms with Gasteiger partial charge >= 0.3 is 0 Å². The first-order valence-corrected chi connectivity index (χ1v) is 6.86. The first kappa shape index (κ1) is 13.9. The molecule has 0 aliphatic rings. The van der Waals surface area contributed by atoms with Crippen LogP contribution < -0.4 is 10.1 Å². The number of benzene rings is 2. The van der Waals surface area contributed by atoms with E-state index in [-0.39, 0.29) is 5.91 Å². The number of methoxy groups -OCH3 is 1. The minimum Gasteiger partial charge on any atom is -0.497 e. The molecule has 0 saturated carbocycles. The van der Waals surface area contributed by atoms with Crippen LogP contribution in [0.1, 0.15) is 5.76 Å². The van der Waals surface area contributed by atoms with Crippen molar-refractivity contribution in [3.63, 3.8) is 0 Å². The normalized spacial score (nSPS) is 11.0. The molecule has 0 bridgehead atoms. The molecule has 0 unspecified atom stereocenters. The van der Waals surface area contributed by atoms with Crippen molar-refractivity contribution >= 4 is 28.6 Å². The zero-order chi connectivity index (χ0) is 15.4. The van der Waals surface area contributed by atoms with Gasteiger partial charge < -0.3 is 14.5 Å². The predicted molar refractivity (Wildman–Crippen MR) is 86.9 cm³/mol. The lowest BCUT2D eigenvalue weighted by molar-refractivity contribution is -0.111. The minimum atomic E-state index is -0.217. The Hall–Kier alpha value is -3.01. The Morgan fingerprint density at radius 2 is 1.91 bits per heavy atom. The van der Waals surface area contributed by atoms with Crippen molar-refractivity contribution in [3.05, 3.63) is 66.4 Å². The SMILES string of the molecule is COc1ccc(NC(=O)/C=C/c2cc3ccccc3o2)cc1. The second-order valence-electron chi connectivity index (χ2n) is 4.74. The molecule has 1 N–H and O–H groups in total. The molecule has 3 rings (SSSR count). The summed E-state index contributed by atoms with van der Waals surface area (Å²) in [6.45, 7) is 0. The van der Waals surface area contributed by atoms with E-state index in [1.165, 1.54) is 6.08 Å². The number of nitrogens with one attached hydrogen (secondary N) is 1. The highest BCUT2D eigenvalue weighted by Gasteiger charge is 2.02. The lowest BCUT2D eigenvalue weighted by atomic mass is 10.2. The summed E-state index contributed by atoms with van der Waals surface area (Å²) >= 11 is 0. The van der Waals surface area contributed by atoms with E-state index in [1.807, 2.05) is 30.3 Å². The highest BCUT2D eigenvalue weighted by atomic mass is 16.5. The van der Waals surface area contributed by atoms with Crippen molar-refractivity contribution < 1.29 is 13.9 Å². The van der Waals surface area contributed by atoms with Gasteiger partial charge in [-0.15, -0.1) is 0 Å². The summed E-state index contributed by atoms with van der Waals surface area (Å²) in [7, 11) is 1.60. The Morgan fingerprint density at radius 3 is 2.64 bits per heavy atom. The van der Waals surface area contributed by atoms with Crippen LogP contribution in [-0.4, -0.2) is 13.0 Å². The monoisotopic (exact) mass is 293 g/mol. The van der Waals surface area contributed by atoms with Crippen molar-refractivity contribution in [2.24, 2.45) is 0 Å². The van der Waals surface area contributed by atoms with Gasteiger partial charge in [-0.3, -0.25) is 4.79 Å². The molecule has 110 valence electrons. The van der Waals surface area contributed by atoms with Crippen molar-refractivity contribution in [2.45, 2.75) is 0 Å². The Morgan fingerprint density at radius 1 is 1.14 bits per heavy atom. The average molecular weight is 293 g/mol. The van der Waals surface area contributed by atoms with E-state index in [4.69, 9.17) is 9.15 Å². The van der Waals surface area contributed by atoms with E-state index in [0.717, 1.165) is 16.7 Å². The van der Waals surface area contributed by atoms with Gasteiger partial charge in [-0.1, -0.05) is 18.2 Å². The standard InChI is InChI=1S/C18H15NO3/c1-21-15-8-6-14(7-9-15)19-18(20)11-10-16-12-13-4-2-3-5-17(13)22-16/h2-12H,1H3,(H,19,20)/b11-10+. The average Bonchev–Trinajstić information content (AvgIpc) is 2.96. The van der Waals surface area contributed by atoms with E-state index in [2.05, 4.69) is 5.32 Å². The first-order valence-electron chi connectivity index (χ1n) is 6.86. The molecule has 0 spiro atoms. The Bertz CT molecular complexity index is 783. The fourth-order valence-electron chi connectivity index (χ4n) is 2.10. The quantitative estimate of drug-likeness (QED) is 0.737. The second kappa shape index (κ2) is 6.18. The number of rotatable bonds is 4. The van der Waals surface area contributed by atoms with Crippen LogP contribution in [0.25, 0.3) is 17.0 Å². The van der Waals surface area contributed by atoms with E-state index in [0.29, 0.717) is 11.4 Å². The molecule has 22 heavy (non-hydrogen) atoms. The third kappa shape index (κ3) is 3.17. The molecular weight excluding hydrogens is 278 g/mol. The molecule has 0 atom stereocenters. The lowest BCUT2D eigenvalue weighted by Crippen LogP contribution is -2.07. The summed E-state index contributed by atoms with van der Waals surface area (Å²) < 4.78 is 10.7. The van der Waals surface area contributed by atoms with Crippen molar-refractivity contribution in [1.82, 2.24) is 0 Å². The fraction of sp³-hybridized carbons (Fsp3) is 0.0556. The predicted octanol–water partition coefficient (Wildman–Crippen LogP) is 4.09. The largest absolute Gasteiger partial charge is 0.497 e. The van der Waals surface area contributed by atoms with Gasteiger partial charge in [0.1, 0.15) is 17.1 Å². The highest BCUT2D eigenvalue weighted by molar-refractivity contribution is 6.02. The molecule has 2 aromatic carbocycles. The van der Waals surface area contributed by atoms with Crippen LogP contribution in [-0.2, 0) is 4.79 Å². The highest BCUT2D eigenvalue weighted by Crippen LogP contribution is 2.20. The number of furan rings is 1. The van der Waals surface area contributed by atoms with Gasteiger partial charge in [0.2, 0.25) is 5.91 Å². The van der Waals surface area contributed by atoms with Gasteiger partial charge in [0.15, 0.2) is 0 Å². The Labute approximate surface area is 128 Å². The number of fused-ring (bicyclic) bond motifs is 1. The topological polar surface area (TPSA) is 51.5 Å². The number of carbonyl (C=O) groups is 1. The van der Waals surface area contributed by atoms with E-state index >= 15 is 0 Å². The van der Waals surface area contributed by atoms with Crippen LogP contribution in [0.3, 0.4) is 0 Å². The molecule has 0 fully saturated rings. The molecule has 4 nitrogen and oxygen atoms in total. The number of anilines is 1. The fourth-order valence-corrected chi connectivity index (χ4v) is 2.10. The maximum Gasteiger partial charge on any atom is 0.248 e. The molecule has 0 aliphatic heterocycles. The molecule has 0 saturated heterocycles. The van der Waals surface area contributed by atoms with Gasteiger partial charge in [0.05, 0.1) is 7.11 Å². The number of carbonyl (C=O) groups excluding carboxylic acids is 1. The molecule has 1 aromatic heterocycles. The molecule has 0 radical (unpaired) electrons. The molecule has 1 heterocycles. The second-order valence-corrected chi connectivity index (χ2v) is 4.74. The number of para-hydroxylation sites is 1. The summed E-state index contributed by atoms with van der Waals surface area (Å²) in [4.78, 5) is 11.9. The maximum absolute atomic E-state index is 11.9. The van der Waals surface area contributed by atoms with Crippen LogP contribution in [0.5, 0.6) is 5.75 Å². The third-order valence-corrected chi connectivity index (χ3v) is 3.20. The van der Waals surface area contributed by atoms with Gasteiger partial charge in [-0.05, 0) is 42.5 Å². The van der Waals surface area contributed by atoms with Crippen molar-refractivity contribution in [2.75, 3.05) is 12.4 Å². The minimum absolute atomic E-state index is 0.217. The number of ether oxygens (including phenoxy) is 1. The van der Waals surface area contributed by atoms with E-state index < -0.39 is 0 Å². The number of hydrogen-bond acceptors (Lipinski definition) is 3. The van der Waals surface area contributed by atoms with E-state index in [1.54, 1.807) is 37.5 Å². The summed E-state index contributed by atoms with van der Waals surface area (Å²) in [5.74, 6) is 1.17. The summed E-state index contributed by atoms with van der Waals surface area (Å²) in [6, 6.07) is 16.8. The van der Waals surface area contributed by atoms with E-state index in [9.17, 15) is 4.79 Å². The maximum atomic E-state index is 11.9. The summed E-state index contributed by atoms with van der Waals surface area (Å²) in [6.07, 6.45) is 3.10. The smallest absolute Gasteiger partial charge is 0.248 e. The van der Waals surface area contributed by atoms with Crippen LogP contribution in [0.15, 0.2) is 65.1 Å². The zero-order valence-corrected chi connectivity index (χ0v) is 12.1. The van der Waals surface area contributed by atoms with Gasteiger partial charge in [0, 0.05) is 17.1 Å². The summed E-state index contributed by atoms with van der Waals surface area (Å²) in [5, 5.41) is 3.79. The van der Waals surface area contributed by atoms with Crippen LogP contribution in [0.2, 0.25) is 0 Å². The van der Waals surface area contributed by atoms with Crippen LogP contribution in [0, 0.1) is 0 Å². The Balaban J connectivity index is 1.67. The summed E-state index contributed by atoms with van der Waals surface area (Å²) in [5.41, 5.74) is 1.51. The molecule has 3 aromatic rings. The first-order chi connectivity index (χ1) is 10.7. The molecule has 1 amide bonds. The molecular formula is C18H15NO3. The van der Waals surface area contributed by atoms with Crippen molar-refractivity contribution in [1.29, 1.82) is 0 Å². The van der Waals surface area contributed by atoms with Crippen LogP contribution in [0.4, 0.5) is 5.69 Å². The number of amides is 1. The number of hydrogen-bond donors (Lipinski definition) is 1. The molecule has 4 heteroatoms. The lowest BCUT2D eigenvalue weighted by Gasteiger charge is -2.03. The third-order valence-electron chi connectivity index (χ3n) is 3.20. The zero-order valence-electron chi connectivity index (χ0n) is 12.1. The van der Waals surface area contributed by atoms with Gasteiger partial charge in [-0.2, -0.15) is 0 Å². The van der Waals surface area contributed by atoms with Gasteiger partial charge in [-0.25, -0.2) is 0 Å². The molecule has 0 aliphatic carbocycles. The van der Waals surface area contributed by atoms with Crippen molar-refractivity contribution in [3.8, 4) is 5.75 Å².